The van der Waals surface area contributed by atoms with Crippen LogP contribution >= 0.6 is 0 Å². The first-order valence-electron chi connectivity index (χ1n) is 8.15. The number of carbonyl (C=O) groups excluding carboxylic acids is 2. The normalized spacial score (nSPS) is 21.1. The summed E-state index contributed by atoms with van der Waals surface area (Å²) in [5, 5.41) is 5.87. The van der Waals surface area contributed by atoms with Crippen LogP contribution in [0.4, 0.5) is 11.4 Å². The Morgan fingerprint density at radius 2 is 1.87 bits per heavy atom. The summed E-state index contributed by atoms with van der Waals surface area (Å²) in [6, 6.07) is 5.69. The van der Waals surface area contributed by atoms with Gasteiger partial charge in [0.1, 0.15) is 0 Å². The van der Waals surface area contributed by atoms with E-state index in [2.05, 4.69) is 10.6 Å². The number of nitrogens with two attached hydrogens (primary N) is 1. The Bertz CT molecular complexity index is 605. The number of aryl methyl sites for hydroxylation is 1. The van der Waals surface area contributed by atoms with Crippen LogP contribution < -0.4 is 16.4 Å². The molecule has 1 aliphatic rings. The first kappa shape index (κ1) is 17.5. The summed E-state index contributed by atoms with van der Waals surface area (Å²) in [6.45, 7) is 7.53. The van der Waals surface area contributed by atoms with Gasteiger partial charge in [0.2, 0.25) is 11.8 Å². The summed E-state index contributed by atoms with van der Waals surface area (Å²) in [4.78, 5) is 24.4. The van der Waals surface area contributed by atoms with Gasteiger partial charge in [-0.05, 0) is 43.9 Å². The van der Waals surface area contributed by atoms with Crippen molar-refractivity contribution in [2.75, 3.05) is 10.6 Å². The van der Waals surface area contributed by atoms with Crippen LogP contribution in [0.3, 0.4) is 0 Å². The number of hydrogen-bond donors (Lipinski definition) is 3. The van der Waals surface area contributed by atoms with Crippen molar-refractivity contribution in [2.45, 2.75) is 53.0 Å². The molecule has 1 aromatic rings. The van der Waals surface area contributed by atoms with Crippen molar-refractivity contribution in [3.63, 3.8) is 0 Å². The van der Waals surface area contributed by atoms with Gasteiger partial charge in [-0.1, -0.05) is 26.8 Å². The fraction of sp³-hybridized carbons (Fsp3) is 0.556. The fourth-order valence-electron chi connectivity index (χ4n) is 2.64. The van der Waals surface area contributed by atoms with Gasteiger partial charge in [0.25, 0.3) is 0 Å². The Kier molecular flexibility index (Phi) is 5.09. The Morgan fingerprint density at radius 1 is 1.17 bits per heavy atom. The minimum Gasteiger partial charge on any atom is -0.328 e. The molecule has 0 aliphatic heterocycles. The summed E-state index contributed by atoms with van der Waals surface area (Å²) in [5.41, 5.74) is 7.79. The average Bonchev–Trinajstić information content (AvgIpc) is 2.88. The number of anilines is 2. The maximum atomic E-state index is 12.3. The SMILES string of the molecule is Cc1ccc(NC(=O)C2CCC(N)C2)cc1NC(=O)C(C)(C)C. The van der Waals surface area contributed by atoms with E-state index >= 15 is 0 Å². The summed E-state index contributed by atoms with van der Waals surface area (Å²) >= 11 is 0. The Balaban J connectivity index is 2.08. The molecule has 0 saturated heterocycles. The molecule has 1 aliphatic carbocycles. The molecule has 4 N–H and O–H groups in total. The van der Waals surface area contributed by atoms with Crippen molar-refractivity contribution in [3.05, 3.63) is 23.8 Å². The number of amides is 2. The number of nitrogens with one attached hydrogen (secondary N) is 2. The molecule has 2 rings (SSSR count). The maximum Gasteiger partial charge on any atom is 0.229 e. The monoisotopic (exact) mass is 317 g/mol. The van der Waals surface area contributed by atoms with Crippen molar-refractivity contribution >= 4 is 23.2 Å². The molecule has 1 saturated carbocycles. The smallest absolute Gasteiger partial charge is 0.229 e. The zero-order valence-corrected chi connectivity index (χ0v) is 14.4. The molecular formula is C18H27N3O2. The molecule has 0 spiro atoms. The van der Waals surface area contributed by atoms with Gasteiger partial charge in [0.05, 0.1) is 0 Å². The van der Waals surface area contributed by atoms with E-state index in [4.69, 9.17) is 5.73 Å². The molecule has 0 radical (unpaired) electrons. The van der Waals surface area contributed by atoms with Gasteiger partial charge >= 0.3 is 0 Å². The van der Waals surface area contributed by atoms with E-state index in [0.717, 1.165) is 30.5 Å². The van der Waals surface area contributed by atoms with Crippen molar-refractivity contribution in [3.8, 4) is 0 Å². The zero-order chi connectivity index (χ0) is 17.2. The van der Waals surface area contributed by atoms with E-state index in [1.165, 1.54) is 0 Å². The highest BCUT2D eigenvalue weighted by Crippen LogP contribution is 2.27. The van der Waals surface area contributed by atoms with E-state index in [-0.39, 0.29) is 23.8 Å². The summed E-state index contributed by atoms with van der Waals surface area (Å²) in [6.07, 6.45) is 2.48. The van der Waals surface area contributed by atoms with Crippen molar-refractivity contribution in [1.82, 2.24) is 0 Å². The second kappa shape index (κ2) is 6.71. The third-order valence-corrected chi connectivity index (χ3v) is 4.28. The van der Waals surface area contributed by atoms with Gasteiger partial charge in [-0.3, -0.25) is 9.59 Å². The molecular weight excluding hydrogens is 290 g/mol. The first-order valence-corrected chi connectivity index (χ1v) is 8.15. The predicted octanol–water partition coefficient (Wildman–Crippen LogP) is 3.05. The van der Waals surface area contributed by atoms with E-state index in [1.807, 2.05) is 45.9 Å². The first-order chi connectivity index (χ1) is 10.7. The lowest BCUT2D eigenvalue weighted by atomic mass is 9.95. The third-order valence-electron chi connectivity index (χ3n) is 4.28. The van der Waals surface area contributed by atoms with Gasteiger partial charge in [-0.25, -0.2) is 0 Å². The topological polar surface area (TPSA) is 84.2 Å². The lowest BCUT2D eigenvalue weighted by Crippen LogP contribution is -2.28. The van der Waals surface area contributed by atoms with Gasteiger partial charge < -0.3 is 16.4 Å². The molecule has 0 aromatic heterocycles. The number of rotatable bonds is 3. The molecule has 2 atom stereocenters. The minimum atomic E-state index is -0.467. The van der Waals surface area contributed by atoms with Crippen LogP contribution in [0.2, 0.25) is 0 Å². The molecule has 2 amide bonds. The Hall–Kier alpha value is -1.88. The third kappa shape index (κ3) is 4.55. The van der Waals surface area contributed by atoms with Crippen LogP contribution in [-0.4, -0.2) is 17.9 Å². The van der Waals surface area contributed by atoms with Crippen molar-refractivity contribution < 1.29 is 9.59 Å². The molecule has 23 heavy (non-hydrogen) atoms. The molecule has 0 heterocycles. The van der Waals surface area contributed by atoms with Crippen LogP contribution in [0.5, 0.6) is 0 Å². The second-order valence-corrected chi connectivity index (χ2v) is 7.49. The Labute approximate surface area is 138 Å². The highest BCUT2D eigenvalue weighted by atomic mass is 16.2. The van der Waals surface area contributed by atoms with Crippen molar-refractivity contribution in [1.29, 1.82) is 0 Å². The highest BCUT2D eigenvalue weighted by Gasteiger charge is 2.28. The summed E-state index contributed by atoms with van der Waals surface area (Å²) < 4.78 is 0. The second-order valence-electron chi connectivity index (χ2n) is 7.49. The number of hydrogen-bond acceptors (Lipinski definition) is 3. The van der Waals surface area contributed by atoms with Crippen LogP contribution in [0.1, 0.15) is 45.6 Å². The molecule has 2 unspecified atom stereocenters. The average molecular weight is 317 g/mol. The molecule has 5 nitrogen and oxygen atoms in total. The maximum absolute atomic E-state index is 12.3. The van der Waals surface area contributed by atoms with Gasteiger partial charge in [-0.15, -0.1) is 0 Å². The molecule has 1 aromatic carbocycles. The van der Waals surface area contributed by atoms with Gasteiger partial charge in [0, 0.05) is 28.7 Å². The van der Waals surface area contributed by atoms with E-state index < -0.39 is 5.41 Å². The molecule has 5 heteroatoms. The lowest BCUT2D eigenvalue weighted by molar-refractivity contribution is -0.123. The fourth-order valence-corrected chi connectivity index (χ4v) is 2.64. The van der Waals surface area contributed by atoms with E-state index in [1.54, 1.807) is 0 Å². The van der Waals surface area contributed by atoms with Crippen LogP contribution in [0, 0.1) is 18.3 Å². The standard InChI is InChI=1S/C18H27N3O2/c1-11-5-8-14(10-15(11)21-17(23)18(2,3)4)20-16(22)12-6-7-13(19)9-12/h5,8,10,12-13H,6-7,9,19H2,1-4H3,(H,20,22)(H,21,23). The van der Waals surface area contributed by atoms with Crippen LogP contribution in [-0.2, 0) is 9.59 Å². The van der Waals surface area contributed by atoms with E-state index in [9.17, 15) is 9.59 Å². The molecule has 126 valence electrons. The van der Waals surface area contributed by atoms with Crippen LogP contribution in [0.15, 0.2) is 18.2 Å². The summed E-state index contributed by atoms with van der Waals surface area (Å²) in [7, 11) is 0. The number of benzene rings is 1. The van der Waals surface area contributed by atoms with E-state index in [0.29, 0.717) is 5.69 Å². The Morgan fingerprint density at radius 3 is 2.43 bits per heavy atom. The lowest BCUT2D eigenvalue weighted by Gasteiger charge is -2.19. The largest absolute Gasteiger partial charge is 0.328 e. The predicted molar refractivity (Wildman–Crippen MR) is 93.2 cm³/mol. The van der Waals surface area contributed by atoms with Crippen molar-refractivity contribution in [2.24, 2.45) is 17.1 Å². The summed E-state index contributed by atoms with van der Waals surface area (Å²) in [5.74, 6) is -0.0559. The molecule has 0 bridgehead atoms. The zero-order valence-electron chi connectivity index (χ0n) is 14.4. The highest BCUT2D eigenvalue weighted by molar-refractivity contribution is 5.97. The quantitative estimate of drug-likeness (QED) is 0.801. The number of carbonyl (C=O) groups is 2. The van der Waals surface area contributed by atoms with Gasteiger partial charge in [-0.2, -0.15) is 0 Å². The van der Waals surface area contributed by atoms with Crippen LogP contribution in [0.25, 0.3) is 0 Å². The molecule has 1 fully saturated rings. The minimum absolute atomic E-state index is 0.00917. The van der Waals surface area contributed by atoms with Gasteiger partial charge in [0.15, 0.2) is 0 Å².